The van der Waals surface area contributed by atoms with Crippen LogP contribution in [0, 0.1) is 0 Å². The maximum Gasteiger partial charge on any atom is 0.224 e. The number of H-pyrrole nitrogens is 1. The highest BCUT2D eigenvalue weighted by atomic mass is 16.1. The smallest absolute Gasteiger partial charge is 0.224 e. The maximum absolute atomic E-state index is 11.6. The van der Waals surface area contributed by atoms with E-state index in [-0.39, 0.29) is 5.91 Å². The fraction of sp³-hybridized carbons (Fsp3) is 0.462. The molecule has 0 spiro atoms. The van der Waals surface area contributed by atoms with Crippen molar-refractivity contribution < 1.29 is 4.79 Å². The van der Waals surface area contributed by atoms with E-state index in [1.807, 2.05) is 18.5 Å². The summed E-state index contributed by atoms with van der Waals surface area (Å²) in [7, 11) is 0. The molecule has 1 amide bonds. The number of hydrogen-bond donors (Lipinski definition) is 2. The lowest BCUT2D eigenvalue weighted by molar-refractivity contribution is -0.120. The summed E-state index contributed by atoms with van der Waals surface area (Å²) < 4.78 is 0. The minimum Gasteiger partial charge on any atom is -0.367 e. The molecular formula is C13H18N2O. The maximum atomic E-state index is 11.6. The molecule has 0 atom stereocenters. The summed E-state index contributed by atoms with van der Waals surface area (Å²) in [4.78, 5) is 14.6. The van der Waals surface area contributed by atoms with Crippen molar-refractivity contribution in [1.29, 1.82) is 0 Å². The largest absolute Gasteiger partial charge is 0.367 e. The Bertz CT molecular complexity index is 365. The Balaban J connectivity index is 1.74. The van der Waals surface area contributed by atoms with Crippen LogP contribution in [0.3, 0.4) is 0 Å². The number of aromatic amines is 1. The van der Waals surface area contributed by atoms with Crippen LogP contribution in [0.25, 0.3) is 0 Å². The molecule has 0 saturated carbocycles. The minimum atomic E-state index is 0.134. The van der Waals surface area contributed by atoms with Gasteiger partial charge in [0.1, 0.15) is 0 Å². The van der Waals surface area contributed by atoms with Gasteiger partial charge in [-0.15, -0.1) is 0 Å². The predicted molar refractivity (Wildman–Crippen MR) is 63.8 cm³/mol. The first-order valence-corrected chi connectivity index (χ1v) is 5.91. The topological polar surface area (TPSA) is 44.9 Å². The van der Waals surface area contributed by atoms with Gasteiger partial charge in [-0.2, -0.15) is 0 Å². The molecule has 0 saturated heterocycles. The van der Waals surface area contributed by atoms with Crippen LogP contribution in [0.2, 0.25) is 0 Å². The van der Waals surface area contributed by atoms with Crippen molar-refractivity contribution in [2.75, 3.05) is 0 Å². The molecule has 2 rings (SSSR count). The second-order valence-electron chi connectivity index (χ2n) is 4.28. The number of amides is 1. The van der Waals surface area contributed by atoms with Gasteiger partial charge in [-0.1, -0.05) is 11.6 Å². The van der Waals surface area contributed by atoms with Gasteiger partial charge in [0, 0.05) is 25.4 Å². The van der Waals surface area contributed by atoms with Crippen molar-refractivity contribution in [3.05, 3.63) is 35.7 Å². The Labute approximate surface area is 95.9 Å². The highest BCUT2D eigenvalue weighted by Gasteiger charge is 2.08. The fourth-order valence-corrected chi connectivity index (χ4v) is 2.00. The normalized spacial score (nSPS) is 15.6. The molecule has 0 aromatic carbocycles. The summed E-state index contributed by atoms with van der Waals surface area (Å²) in [6.07, 6.45) is 11.3. The summed E-state index contributed by atoms with van der Waals surface area (Å²) in [6, 6.07) is 1.97. The molecule has 0 radical (unpaired) electrons. The van der Waals surface area contributed by atoms with Crippen LogP contribution in [-0.4, -0.2) is 10.9 Å². The number of rotatable bonds is 4. The van der Waals surface area contributed by atoms with Gasteiger partial charge in [0.05, 0.1) is 0 Å². The van der Waals surface area contributed by atoms with Crippen molar-refractivity contribution in [1.82, 2.24) is 10.3 Å². The Morgan fingerprint density at radius 3 is 3.06 bits per heavy atom. The zero-order valence-electron chi connectivity index (χ0n) is 9.46. The van der Waals surface area contributed by atoms with E-state index >= 15 is 0 Å². The first kappa shape index (κ1) is 11.0. The molecule has 1 heterocycles. The number of hydrogen-bond acceptors (Lipinski definition) is 1. The Kier molecular flexibility index (Phi) is 3.81. The first-order valence-electron chi connectivity index (χ1n) is 5.91. The third-order valence-corrected chi connectivity index (χ3v) is 2.92. The van der Waals surface area contributed by atoms with Crippen LogP contribution in [-0.2, 0) is 11.3 Å². The van der Waals surface area contributed by atoms with Crippen molar-refractivity contribution in [2.45, 2.75) is 38.6 Å². The van der Waals surface area contributed by atoms with Gasteiger partial charge in [-0.3, -0.25) is 4.79 Å². The summed E-state index contributed by atoms with van der Waals surface area (Å²) in [6.45, 7) is 0.621. The fourth-order valence-electron chi connectivity index (χ4n) is 2.00. The summed E-state index contributed by atoms with van der Waals surface area (Å²) >= 11 is 0. The standard InChI is InChI=1S/C13H18N2O/c16-13(8-11-4-2-1-3-5-11)15-10-12-6-7-14-9-12/h4,6-7,9,14H,1-3,5,8,10H2,(H,15,16). The highest BCUT2D eigenvalue weighted by Crippen LogP contribution is 2.19. The third-order valence-electron chi connectivity index (χ3n) is 2.92. The molecule has 0 aliphatic heterocycles. The Morgan fingerprint density at radius 1 is 1.44 bits per heavy atom. The summed E-state index contributed by atoms with van der Waals surface area (Å²) in [5.74, 6) is 0.134. The van der Waals surface area contributed by atoms with Crippen LogP contribution < -0.4 is 5.32 Å². The monoisotopic (exact) mass is 218 g/mol. The predicted octanol–water partition coefficient (Wildman–Crippen LogP) is 2.52. The lowest BCUT2D eigenvalue weighted by Crippen LogP contribution is -2.23. The van der Waals surface area contributed by atoms with E-state index in [0.717, 1.165) is 18.4 Å². The molecule has 1 aliphatic rings. The summed E-state index contributed by atoms with van der Waals surface area (Å²) in [5.41, 5.74) is 2.42. The number of carbonyl (C=O) groups excluding carboxylic acids is 1. The molecule has 0 fully saturated rings. The van der Waals surface area contributed by atoms with Gasteiger partial charge in [-0.25, -0.2) is 0 Å². The van der Waals surface area contributed by atoms with E-state index in [0.29, 0.717) is 13.0 Å². The van der Waals surface area contributed by atoms with E-state index in [4.69, 9.17) is 0 Å². The van der Waals surface area contributed by atoms with Gasteiger partial charge in [0.2, 0.25) is 5.91 Å². The molecule has 0 unspecified atom stereocenters. The molecule has 2 N–H and O–H groups in total. The Morgan fingerprint density at radius 2 is 2.38 bits per heavy atom. The van der Waals surface area contributed by atoms with Crippen molar-refractivity contribution >= 4 is 5.91 Å². The van der Waals surface area contributed by atoms with E-state index in [9.17, 15) is 4.79 Å². The molecule has 3 nitrogen and oxygen atoms in total. The van der Waals surface area contributed by atoms with Gasteiger partial charge in [-0.05, 0) is 37.3 Å². The summed E-state index contributed by atoms with van der Waals surface area (Å²) in [5, 5.41) is 2.93. The minimum absolute atomic E-state index is 0.134. The van der Waals surface area contributed by atoms with Gasteiger partial charge >= 0.3 is 0 Å². The number of aromatic nitrogens is 1. The van der Waals surface area contributed by atoms with Crippen molar-refractivity contribution in [3.8, 4) is 0 Å². The highest BCUT2D eigenvalue weighted by molar-refractivity contribution is 5.78. The molecule has 1 aliphatic carbocycles. The van der Waals surface area contributed by atoms with Gasteiger partial charge < -0.3 is 10.3 Å². The average molecular weight is 218 g/mol. The second-order valence-corrected chi connectivity index (χ2v) is 4.28. The van der Waals surface area contributed by atoms with Crippen molar-refractivity contribution in [2.24, 2.45) is 0 Å². The molecule has 0 bridgehead atoms. The van der Waals surface area contributed by atoms with Gasteiger partial charge in [0.15, 0.2) is 0 Å². The van der Waals surface area contributed by atoms with E-state index in [2.05, 4.69) is 16.4 Å². The zero-order chi connectivity index (χ0) is 11.2. The van der Waals surface area contributed by atoms with Crippen LogP contribution in [0.5, 0.6) is 0 Å². The lowest BCUT2D eigenvalue weighted by atomic mass is 9.97. The van der Waals surface area contributed by atoms with Crippen LogP contribution in [0.1, 0.15) is 37.7 Å². The quantitative estimate of drug-likeness (QED) is 0.749. The van der Waals surface area contributed by atoms with E-state index in [1.54, 1.807) is 0 Å². The Hall–Kier alpha value is -1.51. The molecular weight excluding hydrogens is 200 g/mol. The lowest BCUT2D eigenvalue weighted by Gasteiger charge is -2.12. The molecule has 3 heteroatoms. The second kappa shape index (κ2) is 5.54. The number of allylic oxidation sites excluding steroid dienone is 1. The zero-order valence-corrected chi connectivity index (χ0v) is 9.46. The molecule has 86 valence electrons. The van der Waals surface area contributed by atoms with Crippen molar-refractivity contribution in [3.63, 3.8) is 0 Å². The molecule has 1 aromatic rings. The SMILES string of the molecule is O=C(CC1=CCCCC1)NCc1cc[nH]c1. The molecule has 16 heavy (non-hydrogen) atoms. The third kappa shape index (κ3) is 3.26. The average Bonchev–Trinajstić information content (AvgIpc) is 2.81. The number of carbonyl (C=O) groups is 1. The van der Waals surface area contributed by atoms with Crippen LogP contribution in [0.4, 0.5) is 0 Å². The van der Waals surface area contributed by atoms with Gasteiger partial charge in [0.25, 0.3) is 0 Å². The molecule has 1 aromatic heterocycles. The first-order chi connectivity index (χ1) is 7.84. The van der Waals surface area contributed by atoms with E-state index in [1.165, 1.54) is 18.4 Å². The van der Waals surface area contributed by atoms with Crippen LogP contribution in [0.15, 0.2) is 30.1 Å². The van der Waals surface area contributed by atoms with Crippen LogP contribution >= 0.6 is 0 Å². The van der Waals surface area contributed by atoms with E-state index < -0.39 is 0 Å². The number of nitrogens with one attached hydrogen (secondary N) is 2.